The lowest BCUT2D eigenvalue weighted by atomic mass is 10.1. The van der Waals surface area contributed by atoms with Gasteiger partial charge in [0.2, 0.25) is 0 Å². The standard InChI is InChI=1S/C12H11NOS/c1-13-7-8-15-12(13)9-11(14)10-5-3-2-4-6-10/h2-9H,1H3. The first-order chi connectivity index (χ1) is 7.27. The van der Waals surface area contributed by atoms with Crippen molar-refractivity contribution in [3.8, 4) is 0 Å². The molecule has 0 unspecified atom stereocenters. The van der Waals surface area contributed by atoms with Gasteiger partial charge in [0.05, 0.1) is 5.03 Å². The van der Waals surface area contributed by atoms with Gasteiger partial charge in [-0.15, -0.1) is 0 Å². The summed E-state index contributed by atoms with van der Waals surface area (Å²) in [7, 11) is 1.93. The predicted molar refractivity (Wildman–Crippen MR) is 63.3 cm³/mol. The van der Waals surface area contributed by atoms with Crippen molar-refractivity contribution in [2.24, 2.45) is 0 Å². The monoisotopic (exact) mass is 217 g/mol. The van der Waals surface area contributed by atoms with E-state index >= 15 is 0 Å². The van der Waals surface area contributed by atoms with Crippen molar-refractivity contribution in [1.29, 1.82) is 0 Å². The van der Waals surface area contributed by atoms with Crippen molar-refractivity contribution in [1.82, 2.24) is 4.90 Å². The molecule has 1 heterocycles. The van der Waals surface area contributed by atoms with Crippen LogP contribution in [0.25, 0.3) is 0 Å². The Morgan fingerprint density at radius 2 is 2.07 bits per heavy atom. The van der Waals surface area contributed by atoms with Crippen LogP contribution in [0.5, 0.6) is 0 Å². The van der Waals surface area contributed by atoms with Gasteiger partial charge in [0.15, 0.2) is 5.78 Å². The van der Waals surface area contributed by atoms with Gasteiger partial charge in [-0.25, -0.2) is 0 Å². The number of allylic oxidation sites excluding steroid dienone is 1. The predicted octanol–water partition coefficient (Wildman–Crippen LogP) is 2.86. The fourth-order valence-corrected chi connectivity index (χ4v) is 2.07. The molecule has 76 valence electrons. The molecule has 0 fully saturated rings. The highest BCUT2D eigenvalue weighted by atomic mass is 32.2. The molecule has 2 rings (SSSR count). The van der Waals surface area contributed by atoms with E-state index in [4.69, 9.17) is 0 Å². The number of ketones is 1. The number of carbonyl (C=O) groups excluding carboxylic acids is 1. The molecular weight excluding hydrogens is 206 g/mol. The molecule has 3 heteroatoms. The largest absolute Gasteiger partial charge is 0.345 e. The van der Waals surface area contributed by atoms with E-state index in [2.05, 4.69) is 0 Å². The third-order valence-electron chi connectivity index (χ3n) is 2.13. The summed E-state index contributed by atoms with van der Waals surface area (Å²) in [5.74, 6) is 0.0497. The highest BCUT2D eigenvalue weighted by Gasteiger charge is 2.10. The highest BCUT2D eigenvalue weighted by molar-refractivity contribution is 8.06. The third-order valence-corrected chi connectivity index (χ3v) is 3.04. The molecule has 0 spiro atoms. The van der Waals surface area contributed by atoms with Crippen molar-refractivity contribution in [2.75, 3.05) is 7.05 Å². The second-order valence-electron chi connectivity index (χ2n) is 3.23. The smallest absolute Gasteiger partial charge is 0.188 e. The van der Waals surface area contributed by atoms with E-state index in [-0.39, 0.29) is 5.78 Å². The summed E-state index contributed by atoms with van der Waals surface area (Å²) in [6, 6.07) is 9.30. The Morgan fingerprint density at radius 1 is 1.33 bits per heavy atom. The van der Waals surface area contributed by atoms with Gasteiger partial charge in [-0.05, 0) is 5.41 Å². The maximum Gasteiger partial charge on any atom is 0.188 e. The van der Waals surface area contributed by atoms with E-state index < -0.39 is 0 Å². The van der Waals surface area contributed by atoms with Crippen molar-refractivity contribution in [3.63, 3.8) is 0 Å². The second-order valence-corrected chi connectivity index (χ2v) is 4.15. The fourth-order valence-electron chi connectivity index (χ4n) is 1.28. The third kappa shape index (κ3) is 2.30. The van der Waals surface area contributed by atoms with Crippen LogP contribution in [-0.2, 0) is 0 Å². The molecule has 0 saturated heterocycles. The van der Waals surface area contributed by atoms with Crippen molar-refractivity contribution in [2.45, 2.75) is 0 Å². The maximum atomic E-state index is 11.8. The molecule has 0 N–H and O–H groups in total. The molecule has 0 amide bonds. The number of hydrogen-bond donors (Lipinski definition) is 0. The zero-order valence-electron chi connectivity index (χ0n) is 8.38. The van der Waals surface area contributed by atoms with Gasteiger partial charge in [0, 0.05) is 24.9 Å². The zero-order chi connectivity index (χ0) is 10.7. The Morgan fingerprint density at radius 3 is 2.67 bits per heavy atom. The first-order valence-corrected chi connectivity index (χ1v) is 5.52. The summed E-state index contributed by atoms with van der Waals surface area (Å²) in [6.45, 7) is 0. The first kappa shape index (κ1) is 10.1. The molecule has 1 aliphatic rings. The summed E-state index contributed by atoms with van der Waals surface area (Å²) in [5.41, 5.74) is 0.728. The van der Waals surface area contributed by atoms with Gasteiger partial charge in [-0.1, -0.05) is 42.1 Å². The van der Waals surface area contributed by atoms with Crippen molar-refractivity contribution in [3.05, 3.63) is 58.6 Å². The Hall–Kier alpha value is -1.48. The number of benzene rings is 1. The van der Waals surface area contributed by atoms with Crippen LogP contribution in [0.15, 0.2) is 53.0 Å². The lowest BCUT2D eigenvalue weighted by Crippen LogP contribution is -2.05. The van der Waals surface area contributed by atoms with E-state index in [9.17, 15) is 4.79 Å². The van der Waals surface area contributed by atoms with Crippen LogP contribution in [0.4, 0.5) is 0 Å². The van der Waals surface area contributed by atoms with Crippen LogP contribution < -0.4 is 0 Å². The number of hydrogen-bond acceptors (Lipinski definition) is 3. The molecule has 1 aliphatic heterocycles. The number of nitrogens with zero attached hydrogens (tertiary/aromatic N) is 1. The zero-order valence-corrected chi connectivity index (χ0v) is 9.20. The molecule has 0 aliphatic carbocycles. The lowest BCUT2D eigenvalue weighted by Gasteiger charge is -2.08. The van der Waals surface area contributed by atoms with Gasteiger partial charge in [-0.2, -0.15) is 0 Å². The normalized spacial score (nSPS) is 17.4. The molecule has 0 aromatic heterocycles. The second kappa shape index (κ2) is 4.36. The molecule has 15 heavy (non-hydrogen) atoms. The van der Waals surface area contributed by atoms with Crippen LogP contribution in [0, 0.1) is 0 Å². The van der Waals surface area contributed by atoms with Crippen LogP contribution in [-0.4, -0.2) is 17.7 Å². The Bertz CT molecular complexity index is 423. The quantitative estimate of drug-likeness (QED) is 0.561. The first-order valence-electron chi connectivity index (χ1n) is 4.64. The van der Waals surface area contributed by atoms with E-state index in [0.717, 1.165) is 10.6 Å². The molecule has 0 saturated carbocycles. The molecule has 2 nitrogen and oxygen atoms in total. The Labute approximate surface area is 93.3 Å². The van der Waals surface area contributed by atoms with Gasteiger partial charge < -0.3 is 4.90 Å². The van der Waals surface area contributed by atoms with Crippen LogP contribution in [0.3, 0.4) is 0 Å². The summed E-state index contributed by atoms with van der Waals surface area (Å²) < 4.78 is 0. The van der Waals surface area contributed by atoms with E-state index in [1.165, 1.54) is 0 Å². The molecule has 0 atom stereocenters. The minimum atomic E-state index is 0.0497. The van der Waals surface area contributed by atoms with Crippen molar-refractivity contribution < 1.29 is 4.79 Å². The van der Waals surface area contributed by atoms with Gasteiger partial charge in [0.1, 0.15) is 0 Å². The summed E-state index contributed by atoms with van der Waals surface area (Å²) >= 11 is 1.56. The van der Waals surface area contributed by atoms with E-state index in [0.29, 0.717) is 0 Å². The number of thioether (sulfide) groups is 1. The average molecular weight is 217 g/mol. The molecular formula is C12H11NOS. The molecule has 0 radical (unpaired) electrons. The number of rotatable bonds is 2. The lowest BCUT2D eigenvalue weighted by molar-refractivity contribution is 0.104. The molecule has 0 bridgehead atoms. The van der Waals surface area contributed by atoms with Crippen molar-refractivity contribution >= 4 is 17.5 Å². The van der Waals surface area contributed by atoms with Crippen LogP contribution >= 0.6 is 11.8 Å². The summed E-state index contributed by atoms with van der Waals surface area (Å²) in [6.07, 6.45) is 3.61. The molecule has 1 aromatic rings. The summed E-state index contributed by atoms with van der Waals surface area (Å²) in [4.78, 5) is 13.7. The highest BCUT2D eigenvalue weighted by Crippen LogP contribution is 2.27. The van der Waals surface area contributed by atoms with Crippen LogP contribution in [0.1, 0.15) is 10.4 Å². The minimum Gasteiger partial charge on any atom is -0.345 e. The average Bonchev–Trinajstić information content (AvgIpc) is 2.66. The fraction of sp³-hybridized carbons (Fsp3) is 0.0833. The number of carbonyl (C=O) groups is 1. The molecule has 1 aromatic carbocycles. The minimum absolute atomic E-state index is 0.0497. The topological polar surface area (TPSA) is 20.3 Å². The van der Waals surface area contributed by atoms with Gasteiger partial charge in [0.25, 0.3) is 0 Å². The van der Waals surface area contributed by atoms with E-state index in [1.54, 1.807) is 17.8 Å². The Balaban J connectivity index is 2.17. The maximum absolute atomic E-state index is 11.8. The SMILES string of the molecule is CN1C=CSC1=CC(=O)c1ccccc1. The van der Waals surface area contributed by atoms with Gasteiger partial charge >= 0.3 is 0 Å². The van der Waals surface area contributed by atoms with Crippen LogP contribution in [0.2, 0.25) is 0 Å². The van der Waals surface area contributed by atoms with Gasteiger partial charge in [-0.3, -0.25) is 4.79 Å². The Kier molecular flexibility index (Phi) is 2.92. The summed E-state index contributed by atoms with van der Waals surface area (Å²) in [5, 5.41) is 2.92. The van der Waals surface area contributed by atoms with E-state index in [1.807, 2.05) is 53.9 Å².